The number of rotatable bonds is 5. The van der Waals surface area contributed by atoms with Crippen molar-refractivity contribution in [2.24, 2.45) is 5.73 Å². The maximum absolute atomic E-state index is 5.97. The van der Waals surface area contributed by atoms with Crippen molar-refractivity contribution >= 4 is 23.2 Å². The summed E-state index contributed by atoms with van der Waals surface area (Å²) >= 11 is 11.9. The first kappa shape index (κ1) is 14.4. The maximum atomic E-state index is 5.97. The van der Waals surface area contributed by atoms with Crippen LogP contribution in [0.4, 0.5) is 0 Å². The number of ether oxygens (including phenoxy) is 1. The van der Waals surface area contributed by atoms with Crippen molar-refractivity contribution in [2.75, 3.05) is 6.54 Å². The van der Waals surface area contributed by atoms with Gasteiger partial charge in [0, 0.05) is 16.6 Å². The molecule has 0 heterocycles. The first-order valence-electron chi connectivity index (χ1n) is 6.00. The van der Waals surface area contributed by atoms with Gasteiger partial charge in [-0.1, -0.05) is 47.5 Å². The van der Waals surface area contributed by atoms with Crippen molar-refractivity contribution < 1.29 is 4.74 Å². The topological polar surface area (TPSA) is 35.2 Å². The highest BCUT2D eigenvalue weighted by Crippen LogP contribution is 2.22. The molecule has 2 N–H and O–H groups in total. The van der Waals surface area contributed by atoms with Gasteiger partial charge in [-0.25, -0.2) is 0 Å². The molecule has 2 nitrogen and oxygen atoms in total. The van der Waals surface area contributed by atoms with E-state index in [1.807, 2.05) is 48.5 Å². The van der Waals surface area contributed by atoms with Gasteiger partial charge in [-0.3, -0.25) is 0 Å². The zero-order valence-corrected chi connectivity index (χ0v) is 11.9. The molecular weight excluding hydrogens is 281 g/mol. The maximum Gasteiger partial charge on any atom is 0.0952 e. The summed E-state index contributed by atoms with van der Waals surface area (Å²) in [6.07, 6.45) is -0.169. The predicted octanol–water partition coefficient (Wildman–Crippen LogP) is 4.21. The molecule has 0 bridgehead atoms. The molecule has 2 aromatic carbocycles. The van der Waals surface area contributed by atoms with E-state index in [0.717, 1.165) is 11.1 Å². The number of hydrogen-bond acceptors (Lipinski definition) is 2. The van der Waals surface area contributed by atoms with Gasteiger partial charge in [0.05, 0.1) is 12.7 Å². The summed E-state index contributed by atoms with van der Waals surface area (Å²) in [5.74, 6) is 0. The first-order chi connectivity index (χ1) is 9.19. The summed E-state index contributed by atoms with van der Waals surface area (Å²) in [6, 6.07) is 15.1. The van der Waals surface area contributed by atoms with E-state index in [2.05, 4.69) is 0 Å². The van der Waals surface area contributed by atoms with Crippen molar-refractivity contribution in [2.45, 2.75) is 12.7 Å². The number of benzene rings is 2. The normalized spacial score (nSPS) is 12.4. The van der Waals surface area contributed by atoms with Crippen LogP contribution in [0.25, 0.3) is 0 Å². The fourth-order valence-electron chi connectivity index (χ4n) is 1.83. The van der Waals surface area contributed by atoms with Gasteiger partial charge in [-0.2, -0.15) is 0 Å². The highest BCUT2D eigenvalue weighted by Gasteiger charge is 2.10. The Hall–Kier alpha value is -1.06. The lowest BCUT2D eigenvalue weighted by Gasteiger charge is -2.17. The third kappa shape index (κ3) is 4.22. The summed E-state index contributed by atoms with van der Waals surface area (Å²) in [5, 5.41) is 1.38. The Labute approximate surface area is 123 Å². The third-order valence-electron chi connectivity index (χ3n) is 2.77. The zero-order valence-electron chi connectivity index (χ0n) is 10.4. The molecule has 2 aromatic rings. The molecular formula is C15H15Cl2NO. The van der Waals surface area contributed by atoms with Crippen LogP contribution in [0, 0.1) is 0 Å². The number of nitrogens with two attached hydrogens (primary N) is 1. The minimum atomic E-state index is -0.169. The van der Waals surface area contributed by atoms with Crippen molar-refractivity contribution in [3.05, 3.63) is 69.7 Å². The zero-order chi connectivity index (χ0) is 13.7. The van der Waals surface area contributed by atoms with Gasteiger partial charge in [0.25, 0.3) is 0 Å². The Morgan fingerprint density at radius 1 is 1.00 bits per heavy atom. The van der Waals surface area contributed by atoms with Crippen molar-refractivity contribution in [3.63, 3.8) is 0 Å². The highest BCUT2D eigenvalue weighted by molar-refractivity contribution is 6.30. The molecule has 1 unspecified atom stereocenters. The van der Waals surface area contributed by atoms with E-state index < -0.39 is 0 Å². The lowest BCUT2D eigenvalue weighted by Crippen LogP contribution is -2.15. The molecule has 0 aliphatic heterocycles. The molecule has 0 saturated carbocycles. The van der Waals surface area contributed by atoms with E-state index >= 15 is 0 Å². The quantitative estimate of drug-likeness (QED) is 0.897. The Morgan fingerprint density at radius 2 is 1.68 bits per heavy atom. The van der Waals surface area contributed by atoms with Crippen LogP contribution in [0.3, 0.4) is 0 Å². The smallest absolute Gasteiger partial charge is 0.0952 e. The van der Waals surface area contributed by atoms with Gasteiger partial charge >= 0.3 is 0 Å². The molecule has 0 aromatic heterocycles. The van der Waals surface area contributed by atoms with Crippen LogP contribution in [0.2, 0.25) is 10.0 Å². The van der Waals surface area contributed by atoms with Crippen LogP contribution in [0.15, 0.2) is 48.5 Å². The summed E-state index contributed by atoms with van der Waals surface area (Å²) in [4.78, 5) is 0. The lowest BCUT2D eigenvalue weighted by atomic mass is 10.1. The summed E-state index contributed by atoms with van der Waals surface area (Å²) in [5.41, 5.74) is 7.76. The van der Waals surface area contributed by atoms with Crippen LogP contribution in [0.1, 0.15) is 17.2 Å². The molecule has 4 heteroatoms. The Bertz CT molecular complexity index is 545. The second kappa shape index (κ2) is 6.92. The van der Waals surface area contributed by atoms with Crippen molar-refractivity contribution in [3.8, 4) is 0 Å². The van der Waals surface area contributed by atoms with Gasteiger partial charge in [0.2, 0.25) is 0 Å². The van der Waals surface area contributed by atoms with E-state index in [-0.39, 0.29) is 6.10 Å². The molecule has 0 aliphatic carbocycles. The van der Waals surface area contributed by atoms with Crippen molar-refractivity contribution in [1.29, 1.82) is 0 Å². The predicted molar refractivity (Wildman–Crippen MR) is 79.5 cm³/mol. The Balaban J connectivity index is 2.04. The average molecular weight is 296 g/mol. The van der Waals surface area contributed by atoms with E-state index in [1.165, 1.54) is 0 Å². The van der Waals surface area contributed by atoms with Crippen LogP contribution in [0.5, 0.6) is 0 Å². The van der Waals surface area contributed by atoms with Gasteiger partial charge in [0.15, 0.2) is 0 Å². The molecule has 0 amide bonds. The molecule has 100 valence electrons. The molecule has 0 fully saturated rings. The molecule has 0 spiro atoms. The van der Waals surface area contributed by atoms with E-state index in [9.17, 15) is 0 Å². The molecule has 19 heavy (non-hydrogen) atoms. The number of hydrogen-bond donors (Lipinski definition) is 1. The van der Waals surface area contributed by atoms with E-state index in [4.69, 9.17) is 33.7 Å². The van der Waals surface area contributed by atoms with Gasteiger partial charge in [-0.15, -0.1) is 0 Å². The second-order valence-corrected chi connectivity index (χ2v) is 5.09. The number of halogens is 2. The fraction of sp³-hybridized carbons (Fsp3) is 0.200. The Kier molecular flexibility index (Phi) is 5.23. The summed E-state index contributed by atoms with van der Waals surface area (Å²) in [7, 11) is 0. The minimum Gasteiger partial charge on any atom is -0.368 e. The first-order valence-corrected chi connectivity index (χ1v) is 6.76. The van der Waals surface area contributed by atoms with E-state index in [1.54, 1.807) is 0 Å². The molecule has 2 rings (SSSR count). The third-order valence-corrected chi connectivity index (χ3v) is 3.24. The van der Waals surface area contributed by atoms with Gasteiger partial charge in [-0.05, 0) is 35.4 Å². The molecule has 1 atom stereocenters. The largest absolute Gasteiger partial charge is 0.368 e. The molecule has 0 saturated heterocycles. The van der Waals surface area contributed by atoms with Gasteiger partial charge in [0.1, 0.15) is 0 Å². The monoisotopic (exact) mass is 295 g/mol. The molecule has 0 aliphatic rings. The highest BCUT2D eigenvalue weighted by atomic mass is 35.5. The van der Waals surface area contributed by atoms with Crippen molar-refractivity contribution in [1.82, 2.24) is 0 Å². The fourth-order valence-corrected chi connectivity index (χ4v) is 2.24. The lowest BCUT2D eigenvalue weighted by molar-refractivity contribution is 0.0456. The SMILES string of the molecule is NCC(OCc1cccc(Cl)c1)c1cccc(Cl)c1. The standard InChI is InChI=1S/C15H15Cl2NO/c16-13-5-1-3-11(7-13)10-19-15(9-18)12-4-2-6-14(17)8-12/h1-8,15H,9-10,18H2. The summed E-state index contributed by atoms with van der Waals surface area (Å²) in [6.45, 7) is 0.871. The van der Waals surface area contributed by atoms with Crippen LogP contribution >= 0.6 is 23.2 Å². The second-order valence-electron chi connectivity index (χ2n) is 4.22. The van der Waals surface area contributed by atoms with E-state index in [0.29, 0.717) is 23.2 Å². The Morgan fingerprint density at radius 3 is 2.32 bits per heavy atom. The van der Waals surface area contributed by atoms with Gasteiger partial charge < -0.3 is 10.5 Å². The summed E-state index contributed by atoms with van der Waals surface area (Å²) < 4.78 is 5.83. The molecule has 0 radical (unpaired) electrons. The van der Waals surface area contributed by atoms with Crippen LogP contribution in [-0.4, -0.2) is 6.54 Å². The van der Waals surface area contributed by atoms with Crippen LogP contribution < -0.4 is 5.73 Å². The average Bonchev–Trinajstić information content (AvgIpc) is 2.40. The minimum absolute atomic E-state index is 0.169. The van der Waals surface area contributed by atoms with Crippen LogP contribution in [-0.2, 0) is 11.3 Å².